The molecule has 164 valence electrons. The fourth-order valence-electron chi connectivity index (χ4n) is 2.52. The van der Waals surface area contributed by atoms with Crippen molar-refractivity contribution in [1.82, 2.24) is 5.06 Å². The van der Waals surface area contributed by atoms with Crippen molar-refractivity contribution in [2.75, 3.05) is 6.54 Å². The Morgan fingerprint density at radius 1 is 0.968 bits per heavy atom. The van der Waals surface area contributed by atoms with Crippen LogP contribution in [0.15, 0.2) is 65.8 Å². The van der Waals surface area contributed by atoms with Gasteiger partial charge in [-0.1, -0.05) is 41.6 Å². The Morgan fingerprint density at radius 2 is 1.52 bits per heavy atom. The molecule has 0 unspecified atom stereocenters. The summed E-state index contributed by atoms with van der Waals surface area (Å²) in [5.41, 5.74) is 6.18. The van der Waals surface area contributed by atoms with E-state index in [0.29, 0.717) is 24.0 Å². The number of nitrogens with zero attached hydrogens (tertiary/aromatic N) is 2. The third-order valence-corrected chi connectivity index (χ3v) is 4.28. The number of nitrogens with two attached hydrogens (primary N) is 1. The highest BCUT2D eigenvalue weighted by molar-refractivity contribution is 5.91. The molecule has 0 heterocycles. The number of unbranched alkanes of at least 4 members (excludes halogenated alkanes) is 1. The molecular formula is C22H25N3O6. The summed E-state index contributed by atoms with van der Waals surface area (Å²) in [7, 11) is 0. The first-order valence-corrected chi connectivity index (χ1v) is 9.72. The van der Waals surface area contributed by atoms with Crippen molar-refractivity contribution in [2.45, 2.75) is 32.2 Å². The van der Waals surface area contributed by atoms with Gasteiger partial charge < -0.3 is 20.5 Å². The third kappa shape index (κ3) is 7.90. The van der Waals surface area contributed by atoms with Crippen LogP contribution in [0.1, 0.15) is 46.9 Å². The van der Waals surface area contributed by atoms with E-state index in [1.165, 1.54) is 12.0 Å². The zero-order valence-corrected chi connectivity index (χ0v) is 17.1. The lowest BCUT2D eigenvalue weighted by molar-refractivity contribution is -0.138. The zero-order chi connectivity index (χ0) is 22.6. The second kappa shape index (κ2) is 12.1. The van der Waals surface area contributed by atoms with E-state index in [4.69, 9.17) is 20.5 Å². The van der Waals surface area contributed by atoms with Gasteiger partial charge in [0.2, 0.25) is 0 Å². The predicted molar refractivity (Wildman–Crippen MR) is 113 cm³/mol. The SMILES string of the molecule is C/C(=N\OC(=O)c1ccccc1)N(CCCC[C@H](N)C(=O)O)OC(=O)c1ccccc1. The molecule has 0 aliphatic heterocycles. The molecule has 3 N–H and O–H groups in total. The number of carbonyl (C=O) groups excluding carboxylic acids is 2. The number of carbonyl (C=O) groups is 3. The van der Waals surface area contributed by atoms with Gasteiger partial charge in [-0.15, -0.1) is 0 Å². The summed E-state index contributed by atoms with van der Waals surface area (Å²) in [4.78, 5) is 45.7. The summed E-state index contributed by atoms with van der Waals surface area (Å²) >= 11 is 0. The fraction of sp³-hybridized carbons (Fsp3) is 0.273. The van der Waals surface area contributed by atoms with Crippen molar-refractivity contribution in [2.24, 2.45) is 10.9 Å². The molecule has 0 saturated heterocycles. The first kappa shape index (κ1) is 23.6. The number of rotatable bonds is 9. The Hall–Kier alpha value is -3.72. The van der Waals surface area contributed by atoms with Crippen LogP contribution in [0.5, 0.6) is 0 Å². The number of carboxylic acid groups (broad SMARTS) is 1. The minimum Gasteiger partial charge on any atom is -0.480 e. The van der Waals surface area contributed by atoms with Gasteiger partial charge in [0.1, 0.15) is 6.04 Å². The van der Waals surface area contributed by atoms with Crippen LogP contribution < -0.4 is 5.73 Å². The van der Waals surface area contributed by atoms with Crippen LogP contribution in [-0.4, -0.2) is 46.5 Å². The van der Waals surface area contributed by atoms with Crippen molar-refractivity contribution >= 4 is 23.7 Å². The van der Waals surface area contributed by atoms with Crippen molar-refractivity contribution in [3.8, 4) is 0 Å². The molecule has 9 nitrogen and oxygen atoms in total. The predicted octanol–water partition coefficient (Wildman–Crippen LogP) is 2.83. The normalized spacial score (nSPS) is 12.0. The molecule has 0 radical (unpaired) electrons. The zero-order valence-electron chi connectivity index (χ0n) is 17.1. The highest BCUT2D eigenvalue weighted by Gasteiger charge is 2.18. The van der Waals surface area contributed by atoms with E-state index in [1.54, 1.807) is 60.7 Å². The molecule has 0 aliphatic rings. The van der Waals surface area contributed by atoms with E-state index in [1.807, 2.05) is 0 Å². The lowest BCUT2D eigenvalue weighted by Gasteiger charge is -2.22. The summed E-state index contributed by atoms with van der Waals surface area (Å²) < 4.78 is 0. The second-order valence-corrected chi connectivity index (χ2v) is 6.67. The number of benzene rings is 2. The van der Waals surface area contributed by atoms with Gasteiger partial charge in [0.15, 0.2) is 5.84 Å². The molecule has 0 aromatic heterocycles. The number of oxime groups is 1. The monoisotopic (exact) mass is 427 g/mol. The average molecular weight is 427 g/mol. The quantitative estimate of drug-likeness (QED) is 0.205. The highest BCUT2D eigenvalue weighted by Crippen LogP contribution is 2.09. The first-order chi connectivity index (χ1) is 14.9. The fourth-order valence-corrected chi connectivity index (χ4v) is 2.52. The van der Waals surface area contributed by atoms with Gasteiger partial charge in [-0.25, -0.2) is 9.59 Å². The van der Waals surface area contributed by atoms with Crippen molar-refractivity contribution in [3.05, 3.63) is 71.8 Å². The minimum absolute atomic E-state index is 0.149. The number of amidine groups is 1. The maximum atomic E-state index is 12.4. The van der Waals surface area contributed by atoms with Crippen molar-refractivity contribution in [3.63, 3.8) is 0 Å². The van der Waals surface area contributed by atoms with Crippen LogP contribution in [0.2, 0.25) is 0 Å². The van der Waals surface area contributed by atoms with Crippen LogP contribution in [0.25, 0.3) is 0 Å². The van der Waals surface area contributed by atoms with Crippen LogP contribution in [0, 0.1) is 0 Å². The van der Waals surface area contributed by atoms with Crippen molar-refractivity contribution < 1.29 is 29.2 Å². The molecule has 0 spiro atoms. The number of hydroxylamine groups is 2. The topological polar surface area (TPSA) is 132 Å². The second-order valence-electron chi connectivity index (χ2n) is 6.67. The van der Waals surface area contributed by atoms with Crippen LogP contribution in [0.4, 0.5) is 0 Å². The van der Waals surface area contributed by atoms with Gasteiger partial charge >= 0.3 is 17.9 Å². The van der Waals surface area contributed by atoms with E-state index in [2.05, 4.69) is 5.16 Å². The largest absolute Gasteiger partial charge is 0.480 e. The molecule has 0 fully saturated rings. The van der Waals surface area contributed by atoms with E-state index in [-0.39, 0.29) is 18.8 Å². The number of carboxylic acids is 1. The standard InChI is InChI=1S/C22H25N3O6/c1-16(24-30-21(28)17-10-4-2-5-11-17)25(15-9-8-14-19(23)20(26)27)31-22(29)18-12-6-3-7-13-18/h2-7,10-13,19H,8-9,14-15,23H2,1H3,(H,26,27)/b24-16+/t19-/m0/s1. The maximum Gasteiger partial charge on any atom is 0.365 e. The highest BCUT2D eigenvalue weighted by atomic mass is 16.7. The number of hydrogen-bond donors (Lipinski definition) is 2. The Morgan fingerprint density at radius 3 is 2.06 bits per heavy atom. The molecule has 2 aromatic carbocycles. The van der Waals surface area contributed by atoms with E-state index >= 15 is 0 Å². The molecule has 2 rings (SSSR count). The van der Waals surface area contributed by atoms with Gasteiger partial charge in [-0.3, -0.25) is 4.79 Å². The molecule has 0 bridgehead atoms. The van der Waals surface area contributed by atoms with Gasteiger partial charge in [0.05, 0.1) is 17.7 Å². The maximum absolute atomic E-state index is 12.4. The van der Waals surface area contributed by atoms with Gasteiger partial charge in [0.25, 0.3) is 0 Å². The summed E-state index contributed by atoms with van der Waals surface area (Å²) in [6.07, 6.45) is 1.24. The molecular weight excluding hydrogens is 402 g/mol. The van der Waals surface area contributed by atoms with Gasteiger partial charge in [0, 0.05) is 6.92 Å². The van der Waals surface area contributed by atoms with Crippen LogP contribution in [0.3, 0.4) is 0 Å². The van der Waals surface area contributed by atoms with Crippen LogP contribution >= 0.6 is 0 Å². The Bertz CT molecular complexity index is 902. The smallest absolute Gasteiger partial charge is 0.365 e. The molecule has 0 saturated carbocycles. The third-order valence-electron chi connectivity index (χ3n) is 4.28. The molecule has 0 amide bonds. The van der Waals surface area contributed by atoms with Gasteiger partial charge in [-0.2, -0.15) is 5.06 Å². The first-order valence-electron chi connectivity index (χ1n) is 9.72. The Labute approximate surface area is 180 Å². The average Bonchev–Trinajstić information content (AvgIpc) is 2.79. The number of aliphatic carboxylic acids is 1. The summed E-state index contributed by atoms with van der Waals surface area (Å²) in [6.45, 7) is 1.74. The summed E-state index contributed by atoms with van der Waals surface area (Å²) in [6, 6.07) is 15.8. The van der Waals surface area contributed by atoms with E-state index in [9.17, 15) is 14.4 Å². The minimum atomic E-state index is -1.07. The molecule has 1 atom stereocenters. The summed E-state index contributed by atoms with van der Waals surface area (Å²) in [5, 5.41) is 13.9. The Balaban J connectivity index is 2.03. The molecule has 31 heavy (non-hydrogen) atoms. The number of hydrogen-bond acceptors (Lipinski definition) is 7. The summed E-state index contributed by atoms with van der Waals surface area (Å²) in [5.74, 6) is -2.18. The molecule has 9 heteroatoms. The molecule has 2 aromatic rings. The lowest BCUT2D eigenvalue weighted by Crippen LogP contribution is -2.34. The van der Waals surface area contributed by atoms with E-state index < -0.39 is 23.9 Å². The van der Waals surface area contributed by atoms with E-state index in [0.717, 1.165) is 0 Å². The lowest BCUT2D eigenvalue weighted by atomic mass is 10.1. The van der Waals surface area contributed by atoms with Crippen LogP contribution in [-0.2, 0) is 14.5 Å². The molecule has 0 aliphatic carbocycles. The van der Waals surface area contributed by atoms with Gasteiger partial charge in [-0.05, 0) is 43.5 Å². The van der Waals surface area contributed by atoms with Crippen molar-refractivity contribution in [1.29, 1.82) is 0 Å². The Kier molecular flexibility index (Phi) is 9.18.